The molecule has 5 heteroatoms. The van der Waals surface area contributed by atoms with Crippen LogP contribution >= 0.6 is 0 Å². The minimum Gasteiger partial charge on any atom is -0.494 e. The van der Waals surface area contributed by atoms with Gasteiger partial charge in [0.1, 0.15) is 11.6 Å². The minimum absolute atomic E-state index is 0.144. The second-order valence-corrected chi connectivity index (χ2v) is 6.90. The fourth-order valence-corrected chi connectivity index (χ4v) is 3.36. The summed E-state index contributed by atoms with van der Waals surface area (Å²) in [6, 6.07) is 10.8. The van der Waals surface area contributed by atoms with Crippen molar-refractivity contribution in [2.24, 2.45) is 0 Å². The van der Waals surface area contributed by atoms with Crippen molar-refractivity contribution in [1.29, 1.82) is 0 Å². The SMILES string of the molecule is CCCCCOc1cccc(C(=O)N2c3ccc(F)cc3C(=O)CC2C)c1. The highest BCUT2D eigenvalue weighted by Crippen LogP contribution is 2.33. The maximum absolute atomic E-state index is 13.6. The Bertz CT molecular complexity index is 849. The van der Waals surface area contributed by atoms with Gasteiger partial charge in [-0.1, -0.05) is 25.8 Å². The molecule has 1 heterocycles. The summed E-state index contributed by atoms with van der Waals surface area (Å²) in [5.41, 5.74) is 1.20. The number of hydrogen-bond donors (Lipinski definition) is 0. The predicted molar refractivity (Wildman–Crippen MR) is 103 cm³/mol. The highest BCUT2D eigenvalue weighted by molar-refractivity contribution is 6.14. The van der Waals surface area contributed by atoms with E-state index in [1.165, 1.54) is 18.2 Å². The normalized spacial score (nSPS) is 16.2. The van der Waals surface area contributed by atoms with Crippen LogP contribution in [0.25, 0.3) is 0 Å². The van der Waals surface area contributed by atoms with Crippen molar-refractivity contribution in [2.45, 2.75) is 45.6 Å². The Labute approximate surface area is 158 Å². The maximum Gasteiger partial charge on any atom is 0.258 e. The van der Waals surface area contributed by atoms with Crippen LogP contribution in [0.5, 0.6) is 5.75 Å². The first-order valence-electron chi connectivity index (χ1n) is 9.40. The van der Waals surface area contributed by atoms with Crippen molar-refractivity contribution in [3.8, 4) is 5.75 Å². The molecule has 142 valence electrons. The van der Waals surface area contributed by atoms with E-state index in [4.69, 9.17) is 4.74 Å². The van der Waals surface area contributed by atoms with Crippen LogP contribution in [0, 0.1) is 5.82 Å². The second-order valence-electron chi connectivity index (χ2n) is 6.90. The number of hydrogen-bond acceptors (Lipinski definition) is 3. The maximum atomic E-state index is 13.6. The standard InChI is InChI=1S/C22H24FNO3/c1-3-4-5-11-27-18-8-6-7-16(13-18)22(26)24-15(2)12-21(25)19-14-17(23)9-10-20(19)24/h6-10,13-15H,3-5,11-12H2,1-2H3. The Hall–Kier alpha value is -2.69. The fourth-order valence-electron chi connectivity index (χ4n) is 3.36. The summed E-state index contributed by atoms with van der Waals surface area (Å²) in [4.78, 5) is 27.0. The van der Waals surface area contributed by atoms with Gasteiger partial charge in [0.25, 0.3) is 5.91 Å². The van der Waals surface area contributed by atoms with Crippen molar-refractivity contribution in [2.75, 3.05) is 11.5 Å². The van der Waals surface area contributed by atoms with E-state index in [0.29, 0.717) is 23.6 Å². The lowest BCUT2D eigenvalue weighted by Gasteiger charge is -2.34. The molecule has 4 nitrogen and oxygen atoms in total. The molecule has 3 rings (SSSR count). The average Bonchev–Trinajstić information content (AvgIpc) is 2.66. The second kappa shape index (κ2) is 8.33. The number of fused-ring (bicyclic) bond motifs is 1. The molecular formula is C22H24FNO3. The summed E-state index contributed by atoms with van der Waals surface area (Å²) < 4.78 is 19.3. The van der Waals surface area contributed by atoms with E-state index in [-0.39, 0.29) is 29.7 Å². The molecule has 0 fully saturated rings. The van der Waals surface area contributed by atoms with Crippen molar-refractivity contribution in [3.63, 3.8) is 0 Å². The van der Waals surface area contributed by atoms with E-state index in [9.17, 15) is 14.0 Å². The minimum atomic E-state index is -0.480. The molecule has 1 aliphatic heterocycles. The number of nitrogens with zero attached hydrogens (tertiary/aromatic N) is 1. The molecule has 27 heavy (non-hydrogen) atoms. The Morgan fingerprint density at radius 2 is 2.04 bits per heavy atom. The highest BCUT2D eigenvalue weighted by Gasteiger charge is 2.33. The number of benzene rings is 2. The third kappa shape index (κ3) is 4.18. The van der Waals surface area contributed by atoms with Crippen LogP contribution in [0.15, 0.2) is 42.5 Å². The summed E-state index contributed by atoms with van der Waals surface area (Å²) in [6.07, 6.45) is 3.37. The Balaban J connectivity index is 1.85. The van der Waals surface area contributed by atoms with E-state index >= 15 is 0 Å². The van der Waals surface area contributed by atoms with Crippen LogP contribution in [0.2, 0.25) is 0 Å². The average molecular weight is 369 g/mol. The zero-order valence-corrected chi connectivity index (χ0v) is 15.7. The molecular weight excluding hydrogens is 345 g/mol. The Morgan fingerprint density at radius 3 is 2.81 bits per heavy atom. The van der Waals surface area contributed by atoms with Gasteiger partial charge < -0.3 is 9.64 Å². The van der Waals surface area contributed by atoms with Crippen molar-refractivity contribution in [3.05, 3.63) is 59.4 Å². The van der Waals surface area contributed by atoms with Gasteiger partial charge in [0.05, 0.1) is 12.3 Å². The third-order valence-electron chi connectivity index (χ3n) is 4.76. The molecule has 1 amide bonds. The first kappa shape index (κ1) is 19.1. The van der Waals surface area contributed by atoms with E-state index in [1.54, 1.807) is 23.1 Å². The molecule has 0 saturated carbocycles. The van der Waals surface area contributed by atoms with Gasteiger partial charge in [0.15, 0.2) is 5.78 Å². The smallest absolute Gasteiger partial charge is 0.258 e. The van der Waals surface area contributed by atoms with Crippen LogP contribution in [0.4, 0.5) is 10.1 Å². The number of unbranched alkanes of at least 4 members (excludes halogenated alkanes) is 2. The van der Waals surface area contributed by atoms with E-state index in [1.807, 2.05) is 13.0 Å². The fraction of sp³-hybridized carbons (Fsp3) is 0.364. The monoisotopic (exact) mass is 369 g/mol. The zero-order valence-electron chi connectivity index (χ0n) is 15.7. The molecule has 0 N–H and O–H groups in total. The van der Waals surface area contributed by atoms with Crippen LogP contribution < -0.4 is 9.64 Å². The number of anilines is 1. The largest absolute Gasteiger partial charge is 0.494 e. The van der Waals surface area contributed by atoms with Crippen LogP contribution in [0.3, 0.4) is 0 Å². The summed E-state index contributed by atoms with van der Waals surface area (Å²) in [5.74, 6) is -0.195. The molecule has 1 unspecified atom stereocenters. The predicted octanol–water partition coefficient (Wildman–Crippen LogP) is 5.02. The molecule has 2 aromatic rings. The van der Waals surface area contributed by atoms with Gasteiger partial charge in [-0.25, -0.2) is 4.39 Å². The van der Waals surface area contributed by atoms with Gasteiger partial charge in [0, 0.05) is 23.6 Å². The van der Waals surface area contributed by atoms with Gasteiger partial charge in [-0.05, 0) is 49.7 Å². The number of ketones is 1. The Morgan fingerprint density at radius 1 is 1.22 bits per heavy atom. The van der Waals surface area contributed by atoms with Crippen LogP contribution in [-0.2, 0) is 0 Å². The Kier molecular flexibility index (Phi) is 5.89. The van der Waals surface area contributed by atoms with E-state index in [0.717, 1.165) is 19.3 Å². The summed E-state index contributed by atoms with van der Waals surface area (Å²) in [6.45, 7) is 4.57. The number of Topliss-reactive ketones (excluding diaryl/α,β-unsaturated/α-hetero) is 1. The van der Waals surface area contributed by atoms with Crippen LogP contribution in [-0.4, -0.2) is 24.3 Å². The first-order chi connectivity index (χ1) is 13.0. The van der Waals surface area contributed by atoms with E-state index in [2.05, 4.69) is 6.92 Å². The molecule has 2 aromatic carbocycles. The third-order valence-corrected chi connectivity index (χ3v) is 4.76. The first-order valence-corrected chi connectivity index (χ1v) is 9.40. The van der Waals surface area contributed by atoms with Crippen LogP contribution in [0.1, 0.15) is 60.2 Å². The molecule has 0 radical (unpaired) electrons. The zero-order chi connectivity index (χ0) is 19.4. The lowest BCUT2D eigenvalue weighted by atomic mass is 9.94. The number of carbonyl (C=O) groups is 2. The molecule has 0 spiro atoms. The van der Waals surface area contributed by atoms with Crippen molar-refractivity contribution < 1.29 is 18.7 Å². The number of rotatable bonds is 6. The quantitative estimate of drug-likeness (QED) is 0.672. The van der Waals surface area contributed by atoms with Gasteiger partial charge >= 0.3 is 0 Å². The molecule has 0 aromatic heterocycles. The number of halogens is 1. The molecule has 0 saturated heterocycles. The summed E-state index contributed by atoms with van der Waals surface area (Å²) in [7, 11) is 0. The van der Waals surface area contributed by atoms with Crippen molar-refractivity contribution >= 4 is 17.4 Å². The lowest BCUT2D eigenvalue weighted by molar-refractivity contribution is 0.0936. The van der Waals surface area contributed by atoms with Crippen molar-refractivity contribution in [1.82, 2.24) is 0 Å². The number of carbonyl (C=O) groups excluding carboxylic acids is 2. The highest BCUT2D eigenvalue weighted by atomic mass is 19.1. The summed E-state index contributed by atoms with van der Waals surface area (Å²) in [5, 5.41) is 0. The van der Waals surface area contributed by atoms with Gasteiger partial charge in [-0.2, -0.15) is 0 Å². The molecule has 0 bridgehead atoms. The van der Waals surface area contributed by atoms with Gasteiger partial charge in [0.2, 0.25) is 0 Å². The molecule has 0 aliphatic carbocycles. The molecule has 1 aliphatic rings. The van der Waals surface area contributed by atoms with Gasteiger partial charge in [-0.15, -0.1) is 0 Å². The van der Waals surface area contributed by atoms with E-state index < -0.39 is 5.82 Å². The topological polar surface area (TPSA) is 46.6 Å². The number of ether oxygens (including phenoxy) is 1. The molecule has 1 atom stereocenters. The lowest BCUT2D eigenvalue weighted by Crippen LogP contribution is -2.44. The van der Waals surface area contributed by atoms with Gasteiger partial charge in [-0.3, -0.25) is 9.59 Å². The summed E-state index contributed by atoms with van der Waals surface area (Å²) >= 11 is 0. The number of amides is 1.